The van der Waals surface area contributed by atoms with Gasteiger partial charge in [-0.25, -0.2) is 8.42 Å². The maximum atomic E-state index is 13.1. The molecule has 0 aliphatic carbocycles. The number of rotatable bonds is 5. The number of fused-ring (bicyclic) bond motifs is 1. The van der Waals surface area contributed by atoms with Crippen molar-refractivity contribution in [3.8, 4) is 11.5 Å². The van der Waals surface area contributed by atoms with Gasteiger partial charge in [-0.15, -0.1) is 0 Å². The van der Waals surface area contributed by atoms with E-state index in [-0.39, 0.29) is 37.9 Å². The zero-order valence-corrected chi connectivity index (χ0v) is 20.0. The van der Waals surface area contributed by atoms with Crippen LogP contribution in [0.1, 0.15) is 12.0 Å². The van der Waals surface area contributed by atoms with Crippen LogP contribution in [0.5, 0.6) is 11.5 Å². The molecule has 0 aromatic heterocycles. The average Bonchev–Trinajstić information content (AvgIpc) is 3.29. The number of carbonyl (C=O) groups excluding carboxylic acids is 2. The molecule has 3 aliphatic rings. The van der Waals surface area contributed by atoms with Gasteiger partial charge in [-0.2, -0.15) is 4.31 Å². The molecule has 2 aromatic carbocycles. The van der Waals surface area contributed by atoms with Crippen molar-refractivity contribution in [2.24, 2.45) is 5.92 Å². The minimum absolute atomic E-state index is 0.115. The molecule has 2 amide bonds. The summed E-state index contributed by atoms with van der Waals surface area (Å²) in [5.74, 6) is 0.542. The van der Waals surface area contributed by atoms with Crippen LogP contribution in [0, 0.1) is 5.92 Å². The van der Waals surface area contributed by atoms with Gasteiger partial charge in [-0.05, 0) is 23.8 Å². The second kappa shape index (κ2) is 9.71. The van der Waals surface area contributed by atoms with E-state index in [4.69, 9.17) is 9.47 Å². The van der Waals surface area contributed by atoms with Crippen LogP contribution < -0.4 is 14.4 Å². The summed E-state index contributed by atoms with van der Waals surface area (Å²) in [6, 6.07) is 14.6. The Morgan fingerprint density at radius 1 is 0.943 bits per heavy atom. The summed E-state index contributed by atoms with van der Waals surface area (Å²) in [5.41, 5.74) is 1.48. The van der Waals surface area contributed by atoms with Gasteiger partial charge in [-0.3, -0.25) is 9.59 Å². The molecule has 0 saturated carbocycles. The Morgan fingerprint density at radius 3 is 2.40 bits per heavy atom. The van der Waals surface area contributed by atoms with Crippen LogP contribution in [-0.4, -0.2) is 75.4 Å². The molecule has 3 heterocycles. The monoisotopic (exact) mass is 497 g/mol. The first kappa shape index (κ1) is 23.4. The van der Waals surface area contributed by atoms with Crippen LogP contribution in [0.15, 0.2) is 53.9 Å². The second-order valence-electron chi connectivity index (χ2n) is 8.72. The van der Waals surface area contributed by atoms with Crippen molar-refractivity contribution in [2.45, 2.75) is 6.42 Å². The fraction of sp³-hybridized carbons (Fsp3) is 0.360. The Morgan fingerprint density at radius 2 is 1.66 bits per heavy atom. The molecule has 35 heavy (non-hydrogen) atoms. The third-order valence-electron chi connectivity index (χ3n) is 6.45. The number of anilines is 1. The van der Waals surface area contributed by atoms with Crippen LogP contribution >= 0.6 is 0 Å². The number of benzene rings is 2. The first-order valence-corrected chi connectivity index (χ1v) is 13.1. The predicted octanol–water partition coefficient (Wildman–Crippen LogP) is 1.96. The number of amides is 2. The molecule has 0 radical (unpaired) electrons. The fourth-order valence-electron chi connectivity index (χ4n) is 4.56. The summed E-state index contributed by atoms with van der Waals surface area (Å²) >= 11 is 0. The highest BCUT2D eigenvalue weighted by atomic mass is 32.2. The molecule has 1 unspecified atom stereocenters. The molecule has 1 atom stereocenters. The van der Waals surface area contributed by atoms with E-state index in [1.54, 1.807) is 34.1 Å². The van der Waals surface area contributed by atoms with Crippen molar-refractivity contribution in [1.29, 1.82) is 0 Å². The molecule has 2 fully saturated rings. The van der Waals surface area contributed by atoms with Crippen LogP contribution in [0.2, 0.25) is 0 Å². The van der Waals surface area contributed by atoms with Gasteiger partial charge in [0, 0.05) is 56.3 Å². The quantitative estimate of drug-likeness (QED) is 0.627. The standard InChI is InChI=1S/C25H27N3O6S/c29-24-16-20(18-28(24)21-6-7-22-23(17-21)34-14-13-33-22)25(30)26-9-11-27(12-10-26)35(31,32)15-8-19-4-2-1-3-5-19/h1-8,15,17,20H,9-14,16,18H2. The summed E-state index contributed by atoms with van der Waals surface area (Å²) < 4.78 is 37.9. The minimum Gasteiger partial charge on any atom is -0.486 e. The second-order valence-corrected chi connectivity index (χ2v) is 10.5. The minimum atomic E-state index is -3.58. The first-order chi connectivity index (χ1) is 16.9. The molecule has 0 N–H and O–H groups in total. The third-order valence-corrected chi connectivity index (χ3v) is 8.02. The van der Waals surface area contributed by atoms with E-state index in [2.05, 4.69) is 0 Å². The number of hydrogen-bond acceptors (Lipinski definition) is 6. The average molecular weight is 498 g/mol. The Hall–Kier alpha value is -3.37. The van der Waals surface area contributed by atoms with Gasteiger partial charge in [0.1, 0.15) is 13.2 Å². The number of hydrogen-bond donors (Lipinski definition) is 0. The molecule has 2 saturated heterocycles. The summed E-state index contributed by atoms with van der Waals surface area (Å²) in [5, 5.41) is 1.21. The highest BCUT2D eigenvalue weighted by Gasteiger charge is 2.39. The Balaban J connectivity index is 1.18. The lowest BCUT2D eigenvalue weighted by Gasteiger charge is -2.34. The molecule has 2 aromatic rings. The van der Waals surface area contributed by atoms with Gasteiger partial charge in [0.25, 0.3) is 0 Å². The number of nitrogens with zero attached hydrogens (tertiary/aromatic N) is 3. The van der Waals surface area contributed by atoms with Gasteiger partial charge in [0.2, 0.25) is 21.8 Å². The number of piperazine rings is 1. The molecule has 9 nitrogen and oxygen atoms in total. The van der Waals surface area contributed by atoms with Crippen LogP contribution in [0.4, 0.5) is 5.69 Å². The maximum absolute atomic E-state index is 13.1. The lowest BCUT2D eigenvalue weighted by Crippen LogP contribution is -2.51. The van der Waals surface area contributed by atoms with E-state index in [9.17, 15) is 18.0 Å². The molecule has 184 valence electrons. The van der Waals surface area contributed by atoms with Gasteiger partial charge < -0.3 is 19.3 Å². The highest BCUT2D eigenvalue weighted by Crippen LogP contribution is 2.36. The van der Waals surface area contributed by atoms with E-state index < -0.39 is 15.9 Å². The molecule has 0 spiro atoms. The largest absolute Gasteiger partial charge is 0.486 e. The fourth-order valence-corrected chi connectivity index (χ4v) is 5.73. The maximum Gasteiger partial charge on any atom is 0.236 e. The van der Waals surface area contributed by atoms with Crippen molar-refractivity contribution >= 4 is 33.6 Å². The Bertz CT molecular complexity index is 1240. The van der Waals surface area contributed by atoms with Crippen molar-refractivity contribution < 1.29 is 27.5 Å². The van der Waals surface area contributed by atoms with Gasteiger partial charge in [0.05, 0.1) is 5.92 Å². The molecule has 5 rings (SSSR count). The van der Waals surface area contributed by atoms with Crippen molar-refractivity contribution in [1.82, 2.24) is 9.21 Å². The molecule has 0 bridgehead atoms. The lowest BCUT2D eigenvalue weighted by molar-refractivity contribution is -0.136. The van der Waals surface area contributed by atoms with E-state index in [1.165, 1.54) is 9.71 Å². The van der Waals surface area contributed by atoms with Crippen LogP contribution in [-0.2, 0) is 19.6 Å². The van der Waals surface area contributed by atoms with Gasteiger partial charge in [0.15, 0.2) is 11.5 Å². The predicted molar refractivity (Wildman–Crippen MR) is 130 cm³/mol. The molecular formula is C25H27N3O6S. The zero-order valence-electron chi connectivity index (χ0n) is 19.2. The highest BCUT2D eigenvalue weighted by molar-refractivity contribution is 7.92. The van der Waals surface area contributed by atoms with Crippen LogP contribution in [0.3, 0.4) is 0 Å². The molecule has 3 aliphatic heterocycles. The first-order valence-electron chi connectivity index (χ1n) is 11.6. The lowest BCUT2D eigenvalue weighted by atomic mass is 10.1. The van der Waals surface area contributed by atoms with Crippen molar-refractivity contribution in [3.63, 3.8) is 0 Å². The molecule has 10 heteroatoms. The van der Waals surface area contributed by atoms with Crippen LogP contribution in [0.25, 0.3) is 6.08 Å². The number of carbonyl (C=O) groups is 2. The molecular weight excluding hydrogens is 470 g/mol. The topological polar surface area (TPSA) is 96.5 Å². The van der Waals surface area contributed by atoms with E-state index in [1.807, 2.05) is 30.3 Å². The van der Waals surface area contributed by atoms with Gasteiger partial charge in [-0.1, -0.05) is 30.3 Å². The van der Waals surface area contributed by atoms with Gasteiger partial charge >= 0.3 is 0 Å². The number of ether oxygens (including phenoxy) is 2. The summed E-state index contributed by atoms with van der Waals surface area (Å²) in [6.45, 7) is 2.27. The summed E-state index contributed by atoms with van der Waals surface area (Å²) in [4.78, 5) is 29.1. The number of sulfonamides is 1. The zero-order chi connectivity index (χ0) is 24.4. The smallest absolute Gasteiger partial charge is 0.236 e. The Kier molecular flexibility index (Phi) is 6.48. The normalized spacial score (nSPS) is 21.0. The SMILES string of the molecule is O=C(C1CC(=O)N(c2ccc3c(c2)OCCO3)C1)N1CCN(S(=O)(=O)C=Cc2ccccc2)CC1. The Labute approximate surface area is 204 Å². The summed E-state index contributed by atoms with van der Waals surface area (Å²) in [6.07, 6.45) is 1.70. The summed E-state index contributed by atoms with van der Waals surface area (Å²) in [7, 11) is -3.58. The van der Waals surface area contributed by atoms with E-state index in [0.717, 1.165) is 5.56 Å². The van der Waals surface area contributed by atoms with Crippen molar-refractivity contribution in [2.75, 3.05) is 50.8 Å². The van der Waals surface area contributed by atoms with E-state index in [0.29, 0.717) is 43.5 Å². The third kappa shape index (κ3) is 5.03. The van der Waals surface area contributed by atoms with Crippen molar-refractivity contribution in [3.05, 3.63) is 59.5 Å². The van der Waals surface area contributed by atoms with E-state index >= 15 is 0 Å².